The van der Waals surface area contributed by atoms with Crippen molar-refractivity contribution in [2.45, 2.75) is 31.3 Å². The molecule has 3 aromatic carbocycles. The summed E-state index contributed by atoms with van der Waals surface area (Å²) in [6, 6.07) is 26.5. The molecule has 1 aromatic heterocycles. The van der Waals surface area contributed by atoms with E-state index in [1.54, 1.807) is 28.4 Å². The Hall–Kier alpha value is -3.00. The Bertz CT molecular complexity index is 1340. The van der Waals surface area contributed by atoms with E-state index in [1.165, 1.54) is 4.31 Å². The lowest BCUT2D eigenvalue weighted by Crippen LogP contribution is -2.42. The summed E-state index contributed by atoms with van der Waals surface area (Å²) in [5.74, 6) is -0.213. The smallest absolute Gasteiger partial charge is 0.243 e. The first-order valence-electron chi connectivity index (χ1n) is 11.3. The molecule has 0 aliphatic rings. The molecule has 0 atom stereocenters. The standard InChI is InChI=1S/C27H28N2O3S2/c1-2-16-29(34(31,32)26-15-14-23-11-6-7-12-24(23)18-26)21-27(30)28(20-25-13-8-17-33-25)19-22-9-4-3-5-10-22/h3-15,17-18H,2,16,19-21H2,1H3. The molecule has 5 nitrogen and oxygen atoms in total. The molecule has 0 spiro atoms. The average Bonchev–Trinajstić information content (AvgIpc) is 3.37. The molecule has 0 aliphatic carbocycles. The largest absolute Gasteiger partial charge is 0.332 e. The highest BCUT2D eigenvalue weighted by molar-refractivity contribution is 7.89. The Morgan fingerprint density at radius 1 is 0.853 bits per heavy atom. The predicted octanol–water partition coefficient (Wildman–Crippen LogP) is 5.53. The number of amides is 1. The van der Waals surface area contributed by atoms with Crippen LogP contribution >= 0.6 is 11.3 Å². The Morgan fingerprint density at radius 2 is 1.59 bits per heavy atom. The van der Waals surface area contributed by atoms with E-state index in [-0.39, 0.29) is 23.9 Å². The van der Waals surface area contributed by atoms with E-state index >= 15 is 0 Å². The number of sulfonamides is 1. The van der Waals surface area contributed by atoms with Crippen molar-refractivity contribution in [3.05, 3.63) is 101 Å². The zero-order valence-corrected chi connectivity index (χ0v) is 20.8. The maximum atomic E-state index is 13.6. The molecular formula is C27H28N2O3S2. The second kappa shape index (κ2) is 11.0. The highest BCUT2D eigenvalue weighted by atomic mass is 32.2. The van der Waals surface area contributed by atoms with Crippen molar-refractivity contribution in [1.82, 2.24) is 9.21 Å². The van der Waals surface area contributed by atoms with Crippen molar-refractivity contribution in [3.63, 3.8) is 0 Å². The van der Waals surface area contributed by atoms with Gasteiger partial charge in [-0.2, -0.15) is 4.31 Å². The highest BCUT2D eigenvalue weighted by Gasteiger charge is 2.28. The number of hydrogen-bond donors (Lipinski definition) is 0. The summed E-state index contributed by atoms with van der Waals surface area (Å²) in [7, 11) is -3.83. The fourth-order valence-electron chi connectivity index (χ4n) is 3.89. The van der Waals surface area contributed by atoms with Gasteiger partial charge in [0.2, 0.25) is 15.9 Å². The molecule has 1 amide bonds. The third kappa shape index (κ3) is 5.73. The Balaban J connectivity index is 1.59. The molecule has 0 saturated heterocycles. The number of carbonyl (C=O) groups excluding carboxylic acids is 1. The number of benzene rings is 3. The zero-order chi connectivity index (χ0) is 24.0. The first-order valence-corrected chi connectivity index (χ1v) is 13.6. The third-order valence-electron chi connectivity index (χ3n) is 5.64. The van der Waals surface area contributed by atoms with E-state index in [0.29, 0.717) is 19.5 Å². The monoisotopic (exact) mass is 492 g/mol. The van der Waals surface area contributed by atoms with Crippen molar-refractivity contribution in [1.29, 1.82) is 0 Å². The molecule has 4 rings (SSSR count). The van der Waals surface area contributed by atoms with Gasteiger partial charge in [0.15, 0.2) is 0 Å². The van der Waals surface area contributed by atoms with Gasteiger partial charge in [-0.3, -0.25) is 4.79 Å². The van der Waals surface area contributed by atoms with Gasteiger partial charge in [-0.05, 0) is 46.3 Å². The van der Waals surface area contributed by atoms with Gasteiger partial charge in [-0.15, -0.1) is 11.3 Å². The minimum absolute atomic E-state index is 0.193. The Kier molecular flexibility index (Phi) is 7.77. The first-order chi connectivity index (χ1) is 16.5. The van der Waals surface area contributed by atoms with Crippen LogP contribution in [0.4, 0.5) is 0 Å². The molecule has 0 aliphatic heterocycles. The molecule has 0 bridgehead atoms. The predicted molar refractivity (Wildman–Crippen MR) is 138 cm³/mol. The molecule has 34 heavy (non-hydrogen) atoms. The van der Waals surface area contributed by atoms with E-state index < -0.39 is 10.0 Å². The van der Waals surface area contributed by atoms with Crippen LogP contribution in [0.25, 0.3) is 10.8 Å². The van der Waals surface area contributed by atoms with Gasteiger partial charge in [-0.1, -0.05) is 73.7 Å². The van der Waals surface area contributed by atoms with Gasteiger partial charge < -0.3 is 4.90 Å². The van der Waals surface area contributed by atoms with Crippen molar-refractivity contribution < 1.29 is 13.2 Å². The van der Waals surface area contributed by atoms with Crippen LogP contribution in [0.3, 0.4) is 0 Å². The lowest BCUT2D eigenvalue weighted by Gasteiger charge is -2.27. The number of rotatable bonds is 10. The molecule has 0 N–H and O–H groups in total. The van der Waals surface area contributed by atoms with Gasteiger partial charge in [0.1, 0.15) is 0 Å². The van der Waals surface area contributed by atoms with Gasteiger partial charge >= 0.3 is 0 Å². The van der Waals surface area contributed by atoms with E-state index in [0.717, 1.165) is 21.2 Å². The van der Waals surface area contributed by atoms with Crippen LogP contribution in [0, 0.1) is 0 Å². The van der Waals surface area contributed by atoms with Crippen molar-refractivity contribution in [2.24, 2.45) is 0 Å². The normalized spacial score (nSPS) is 11.7. The minimum atomic E-state index is -3.83. The van der Waals surface area contributed by atoms with Crippen LogP contribution in [0.15, 0.2) is 95.2 Å². The third-order valence-corrected chi connectivity index (χ3v) is 8.34. The molecule has 1 heterocycles. The number of thiophene rings is 1. The molecule has 4 aromatic rings. The van der Waals surface area contributed by atoms with E-state index in [4.69, 9.17) is 0 Å². The fraction of sp³-hybridized carbons (Fsp3) is 0.222. The summed E-state index contributed by atoms with van der Waals surface area (Å²) >= 11 is 1.59. The zero-order valence-electron chi connectivity index (χ0n) is 19.1. The fourth-order valence-corrected chi connectivity index (χ4v) is 6.12. The maximum absolute atomic E-state index is 13.6. The number of carbonyl (C=O) groups is 1. The minimum Gasteiger partial charge on any atom is -0.332 e. The highest BCUT2D eigenvalue weighted by Crippen LogP contribution is 2.23. The van der Waals surface area contributed by atoms with E-state index in [9.17, 15) is 13.2 Å². The lowest BCUT2D eigenvalue weighted by atomic mass is 10.1. The number of hydrogen-bond acceptors (Lipinski definition) is 4. The van der Waals surface area contributed by atoms with Gasteiger partial charge in [0.25, 0.3) is 0 Å². The summed E-state index contributed by atoms with van der Waals surface area (Å²) in [5.41, 5.74) is 1.01. The van der Waals surface area contributed by atoms with E-state index in [2.05, 4.69) is 0 Å². The average molecular weight is 493 g/mol. The Morgan fingerprint density at radius 3 is 2.29 bits per heavy atom. The van der Waals surface area contributed by atoms with Crippen LogP contribution in [0.1, 0.15) is 23.8 Å². The van der Waals surface area contributed by atoms with Crippen LogP contribution in [-0.4, -0.2) is 36.6 Å². The topological polar surface area (TPSA) is 57.7 Å². The van der Waals surface area contributed by atoms with Crippen LogP contribution in [0.2, 0.25) is 0 Å². The number of nitrogens with zero attached hydrogens (tertiary/aromatic N) is 2. The van der Waals surface area contributed by atoms with Crippen molar-refractivity contribution >= 4 is 38.0 Å². The van der Waals surface area contributed by atoms with E-state index in [1.807, 2.05) is 85.1 Å². The summed E-state index contributed by atoms with van der Waals surface area (Å²) < 4.78 is 28.4. The van der Waals surface area contributed by atoms with Gasteiger partial charge in [0.05, 0.1) is 18.0 Å². The quantitative estimate of drug-likeness (QED) is 0.292. The second-order valence-electron chi connectivity index (χ2n) is 8.16. The summed E-state index contributed by atoms with van der Waals surface area (Å²) in [6.07, 6.45) is 0.615. The molecule has 0 radical (unpaired) electrons. The van der Waals surface area contributed by atoms with Crippen LogP contribution in [0.5, 0.6) is 0 Å². The molecule has 0 unspecified atom stereocenters. The molecule has 0 saturated carbocycles. The van der Waals surface area contributed by atoms with Crippen LogP contribution < -0.4 is 0 Å². The van der Waals surface area contributed by atoms with Gasteiger partial charge in [0, 0.05) is 18.0 Å². The number of fused-ring (bicyclic) bond motifs is 1. The molecule has 7 heteroatoms. The maximum Gasteiger partial charge on any atom is 0.243 e. The molecule has 176 valence electrons. The van der Waals surface area contributed by atoms with Gasteiger partial charge in [-0.25, -0.2) is 8.42 Å². The second-order valence-corrected chi connectivity index (χ2v) is 11.1. The van der Waals surface area contributed by atoms with Crippen LogP contribution in [-0.2, 0) is 27.9 Å². The van der Waals surface area contributed by atoms with Crippen molar-refractivity contribution in [3.8, 4) is 0 Å². The summed E-state index contributed by atoms with van der Waals surface area (Å²) in [6.45, 7) is 2.87. The molecular weight excluding hydrogens is 464 g/mol. The lowest BCUT2D eigenvalue weighted by molar-refractivity contribution is -0.132. The Labute approximate surface area is 205 Å². The SMILES string of the molecule is CCCN(CC(=O)N(Cc1ccccc1)Cc1cccs1)S(=O)(=O)c1ccc2ccccc2c1. The molecule has 0 fully saturated rings. The van der Waals surface area contributed by atoms with Crippen molar-refractivity contribution in [2.75, 3.05) is 13.1 Å². The first kappa shape index (κ1) is 24.1. The summed E-state index contributed by atoms with van der Waals surface area (Å²) in [5, 5.41) is 3.81. The summed E-state index contributed by atoms with van der Waals surface area (Å²) in [4.78, 5) is 16.5.